The van der Waals surface area contributed by atoms with E-state index in [9.17, 15) is 14.4 Å². The molecule has 4 heterocycles. The number of amides is 2. The topological polar surface area (TPSA) is 152 Å². The van der Waals surface area contributed by atoms with Crippen molar-refractivity contribution in [3.05, 3.63) is 84.9 Å². The van der Waals surface area contributed by atoms with E-state index in [1.54, 1.807) is 62.6 Å². The van der Waals surface area contributed by atoms with Crippen molar-refractivity contribution in [1.82, 2.24) is 24.8 Å². The Balaban J connectivity index is 1.40. The van der Waals surface area contributed by atoms with Crippen molar-refractivity contribution in [3.8, 4) is 11.3 Å². The lowest BCUT2D eigenvalue weighted by Crippen LogP contribution is -2.50. The van der Waals surface area contributed by atoms with Gasteiger partial charge in [0.1, 0.15) is 28.7 Å². The van der Waals surface area contributed by atoms with Gasteiger partial charge in [0.05, 0.1) is 24.2 Å². The monoisotopic (exact) mass is 694 g/mol. The third kappa shape index (κ3) is 11.2. The smallest absolute Gasteiger partial charge is 0.410 e. The number of nitrogens with zero attached hydrogens (tertiary/aromatic N) is 6. The highest BCUT2D eigenvalue weighted by Gasteiger charge is 2.28. The first-order chi connectivity index (χ1) is 24.2. The Morgan fingerprint density at radius 3 is 2.22 bits per heavy atom. The molecule has 1 aromatic carbocycles. The third-order valence-corrected chi connectivity index (χ3v) is 7.74. The van der Waals surface area contributed by atoms with Crippen LogP contribution in [0.15, 0.2) is 79.4 Å². The van der Waals surface area contributed by atoms with E-state index in [1.807, 2.05) is 63.2 Å². The number of anilines is 4. The number of nitrogens with one attached hydrogen (secondary N) is 2. The molecule has 0 saturated carbocycles. The highest BCUT2D eigenvalue weighted by Crippen LogP contribution is 2.29. The van der Waals surface area contributed by atoms with Crippen molar-refractivity contribution in [3.63, 3.8) is 0 Å². The Bertz CT molecular complexity index is 1800. The van der Waals surface area contributed by atoms with Gasteiger partial charge in [-0.05, 0) is 71.7 Å². The average Bonchev–Trinajstić information content (AvgIpc) is 3.07. The summed E-state index contributed by atoms with van der Waals surface area (Å²) in [6.07, 6.45) is 6.36. The number of hydrogen-bond donors (Lipinski definition) is 2. The fourth-order valence-electron chi connectivity index (χ4n) is 5.49. The molecule has 0 radical (unpaired) electrons. The van der Waals surface area contributed by atoms with E-state index in [4.69, 9.17) is 14.5 Å². The fraction of sp³-hybridized carbons (Fsp3) is 0.395. The average molecular weight is 695 g/mol. The number of ether oxygens (including phenoxy) is 2. The van der Waals surface area contributed by atoms with Crippen molar-refractivity contribution < 1.29 is 23.9 Å². The molecule has 2 amide bonds. The first kappa shape index (κ1) is 36.7. The molecular formula is C38H46N8O5. The largest absolute Gasteiger partial charge is 0.460 e. The lowest BCUT2D eigenvalue weighted by molar-refractivity contribution is -0.157. The van der Waals surface area contributed by atoms with Crippen LogP contribution >= 0.6 is 0 Å². The van der Waals surface area contributed by atoms with Gasteiger partial charge in [-0.15, -0.1) is 0 Å². The minimum atomic E-state index is -0.692. The molecule has 1 aliphatic rings. The molecule has 5 rings (SSSR count). The Hall–Kier alpha value is -5.59. The summed E-state index contributed by atoms with van der Waals surface area (Å²) in [6.45, 7) is 13.1. The van der Waals surface area contributed by atoms with Crippen LogP contribution < -0.4 is 15.5 Å². The number of hydrogen-bond acceptors (Lipinski definition) is 11. The van der Waals surface area contributed by atoms with E-state index < -0.39 is 23.1 Å². The van der Waals surface area contributed by atoms with E-state index in [1.165, 1.54) is 0 Å². The zero-order valence-electron chi connectivity index (χ0n) is 30.1. The second-order valence-corrected chi connectivity index (χ2v) is 14.4. The van der Waals surface area contributed by atoms with Crippen LogP contribution in [-0.4, -0.2) is 80.2 Å². The van der Waals surface area contributed by atoms with Crippen molar-refractivity contribution in [2.24, 2.45) is 5.92 Å². The van der Waals surface area contributed by atoms with E-state index in [0.29, 0.717) is 55.6 Å². The number of rotatable bonds is 10. The first-order valence-corrected chi connectivity index (χ1v) is 17.0. The molecule has 1 aliphatic heterocycles. The van der Waals surface area contributed by atoms with Gasteiger partial charge in [0, 0.05) is 62.1 Å². The summed E-state index contributed by atoms with van der Waals surface area (Å²) in [6, 6.07) is 16.9. The Labute approximate surface area is 298 Å². The highest BCUT2D eigenvalue weighted by atomic mass is 16.6. The van der Waals surface area contributed by atoms with Crippen molar-refractivity contribution in [1.29, 1.82) is 0 Å². The van der Waals surface area contributed by atoms with Crippen molar-refractivity contribution >= 4 is 41.1 Å². The summed E-state index contributed by atoms with van der Waals surface area (Å²) in [4.78, 5) is 61.1. The number of carbonyl (C=O) groups is 3. The Morgan fingerprint density at radius 2 is 1.55 bits per heavy atom. The van der Waals surface area contributed by atoms with Gasteiger partial charge in [0.2, 0.25) is 5.91 Å². The number of aromatic nitrogens is 4. The number of piperazine rings is 1. The molecule has 13 nitrogen and oxygen atoms in total. The van der Waals surface area contributed by atoms with Gasteiger partial charge < -0.3 is 29.9 Å². The Kier molecular flexibility index (Phi) is 11.5. The number of benzene rings is 1. The van der Waals surface area contributed by atoms with Crippen molar-refractivity contribution in [2.45, 2.75) is 65.6 Å². The molecular weight excluding hydrogens is 648 g/mol. The standard InChI is InChI=1S/C38H46N8O5/c1-37(2,3)50-34(47)22-28(20-26-10-8-7-9-11-26)35(48)42-29-23-30(43-31(24-29)44-32-25-39-14-15-40-32)27-12-13-41-33(21-27)45-16-18-46(19-17-45)36(49)51-38(4,5)6/h7-15,21,23-25,28H,16-20,22H2,1-6H3,(H2,40,42,43,44,48)/t28-/m1/s1. The van der Waals surface area contributed by atoms with E-state index in [-0.39, 0.29) is 18.4 Å². The molecule has 51 heavy (non-hydrogen) atoms. The first-order valence-electron chi connectivity index (χ1n) is 17.0. The van der Waals surface area contributed by atoms with Crippen LogP contribution in [0, 0.1) is 5.92 Å². The molecule has 4 aromatic rings. The quantitative estimate of drug-likeness (QED) is 0.181. The molecule has 1 atom stereocenters. The number of carbonyl (C=O) groups excluding carboxylic acids is 3. The van der Waals surface area contributed by atoms with Crippen LogP contribution in [0.3, 0.4) is 0 Å². The van der Waals surface area contributed by atoms with E-state index in [2.05, 4.69) is 30.5 Å². The molecule has 0 spiro atoms. The lowest BCUT2D eigenvalue weighted by Gasteiger charge is -2.36. The SMILES string of the molecule is CC(C)(C)OC(=O)C[C@@H](Cc1ccccc1)C(=O)Nc1cc(Nc2cnccn2)nc(-c2ccnc(N3CCN(C(=O)OC(C)(C)C)CC3)c2)c1. The van der Waals surface area contributed by atoms with Gasteiger partial charge in [-0.25, -0.2) is 19.7 Å². The summed E-state index contributed by atoms with van der Waals surface area (Å²) in [5, 5.41) is 6.22. The van der Waals surface area contributed by atoms with Gasteiger partial charge >= 0.3 is 12.1 Å². The molecule has 3 aromatic heterocycles. The summed E-state index contributed by atoms with van der Waals surface area (Å²) in [5.41, 5.74) is 1.50. The molecule has 1 saturated heterocycles. The maximum atomic E-state index is 13.9. The molecule has 13 heteroatoms. The molecule has 0 unspecified atom stereocenters. The molecule has 2 N–H and O–H groups in total. The Morgan fingerprint density at radius 1 is 0.824 bits per heavy atom. The lowest BCUT2D eigenvalue weighted by atomic mass is 9.95. The second kappa shape index (κ2) is 16.0. The molecule has 0 aliphatic carbocycles. The van der Waals surface area contributed by atoms with E-state index >= 15 is 0 Å². The maximum absolute atomic E-state index is 13.9. The predicted molar refractivity (Wildman–Crippen MR) is 196 cm³/mol. The van der Waals surface area contributed by atoms with E-state index in [0.717, 1.165) is 16.9 Å². The third-order valence-electron chi connectivity index (χ3n) is 7.74. The van der Waals surface area contributed by atoms with Crippen molar-refractivity contribution in [2.75, 3.05) is 41.7 Å². The van der Waals surface area contributed by atoms with Crippen LogP contribution in [0.2, 0.25) is 0 Å². The molecule has 1 fully saturated rings. The minimum Gasteiger partial charge on any atom is -0.460 e. The van der Waals surface area contributed by atoms with Crippen LogP contribution in [0.25, 0.3) is 11.3 Å². The van der Waals surface area contributed by atoms with Gasteiger partial charge in [0.15, 0.2) is 0 Å². The summed E-state index contributed by atoms with van der Waals surface area (Å²) < 4.78 is 11.1. The zero-order valence-corrected chi connectivity index (χ0v) is 30.1. The van der Waals surface area contributed by atoms with Gasteiger partial charge in [0.25, 0.3) is 0 Å². The predicted octanol–water partition coefficient (Wildman–Crippen LogP) is 6.26. The molecule has 268 valence electrons. The van der Waals surface area contributed by atoms with Crippen LogP contribution in [0.1, 0.15) is 53.5 Å². The maximum Gasteiger partial charge on any atom is 0.410 e. The van der Waals surface area contributed by atoms with Crippen LogP contribution in [0.4, 0.5) is 27.9 Å². The summed E-state index contributed by atoms with van der Waals surface area (Å²) >= 11 is 0. The summed E-state index contributed by atoms with van der Waals surface area (Å²) in [7, 11) is 0. The second-order valence-electron chi connectivity index (χ2n) is 14.4. The van der Waals surface area contributed by atoms with Crippen LogP contribution in [0.5, 0.6) is 0 Å². The minimum absolute atomic E-state index is 0.0877. The highest BCUT2D eigenvalue weighted by molar-refractivity contribution is 5.95. The molecule has 0 bridgehead atoms. The summed E-state index contributed by atoms with van der Waals surface area (Å²) in [5.74, 6) is 0.170. The van der Waals surface area contributed by atoms with Crippen LogP contribution in [-0.2, 0) is 25.5 Å². The van der Waals surface area contributed by atoms with Gasteiger partial charge in [-0.3, -0.25) is 14.6 Å². The number of esters is 1. The van der Waals surface area contributed by atoms with Gasteiger partial charge in [-0.1, -0.05) is 30.3 Å². The van der Waals surface area contributed by atoms with Gasteiger partial charge in [-0.2, -0.15) is 0 Å². The normalized spacial score (nSPS) is 14.0. The number of pyridine rings is 2. The fourth-order valence-corrected chi connectivity index (χ4v) is 5.49. The zero-order chi connectivity index (χ0) is 36.6.